The van der Waals surface area contributed by atoms with Crippen LogP contribution in [0.1, 0.15) is 27.2 Å². The summed E-state index contributed by atoms with van der Waals surface area (Å²) in [4.78, 5) is 11.8. The molecule has 0 atom stereocenters. The third-order valence-electron chi connectivity index (χ3n) is 2.90. The topological polar surface area (TPSA) is 54.6 Å². The van der Waals surface area contributed by atoms with E-state index in [4.69, 9.17) is 4.42 Å². The fourth-order valence-electron chi connectivity index (χ4n) is 1.61. The van der Waals surface area contributed by atoms with Crippen LogP contribution in [0.5, 0.6) is 0 Å². The lowest BCUT2D eigenvalue weighted by atomic mass is 10.1. The van der Waals surface area contributed by atoms with Crippen molar-refractivity contribution in [3.8, 4) is 0 Å². The molecule has 1 amide bonds. The molecule has 0 aliphatic heterocycles. The Morgan fingerprint density at radius 1 is 1.25 bits per heavy atom. The third kappa shape index (κ3) is 3.68. The molecule has 0 spiro atoms. The predicted octanol–water partition coefficient (Wildman–Crippen LogP) is 3.33. The Bertz CT molecular complexity index is 641. The van der Waals surface area contributed by atoms with Crippen molar-refractivity contribution >= 4 is 18.2 Å². The molecule has 0 aliphatic rings. The molecule has 0 fully saturated rings. The number of allylic oxidation sites excluding steroid dienone is 1. The summed E-state index contributed by atoms with van der Waals surface area (Å²) < 4.78 is 5.12. The smallest absolute Gasteiger partial charge is 0.271 e. The summed E-state index contributed by atoms with van der Waals surface area (Å²) in [7, 11) is 0. The Hall–Kier alpha value is -2.62. The average Bonchev–Trinajstić information content (AvgIpc) is 2.94. The van der Waals surface area contributed by atoms with Crippen LogP contribution >= 0.6 is 0 Å². The lowest BCUT2D eigenvalue weighted by molar-refractivity contribution is 0.0955. The number of rotatable bonds is 4. The van der Waals surface area contributed by atoms with Gasteiger partial charge in [0.15, 0.2) is 0 Å². The summed E-state index contributed by atoms with van der Waals surface area (Å²) in [5.41, 5.74) is 5.31. The van der Waals surface area contributed by atoms with E-state index in [0.29, 0.717) is 5.56 Å². The molecule has 20 heavy (non-hydrogen) atoms. The highest BCUT2D eigenvalue weighted by Gasteiger charge is 2.04. The quantitative estimate of drug-likeness (QED) is 0.683. The van der Waals surface area contributed by atoms with Crippen LogP contribution in [0.15, 0.2) is 52.2 Å². The van der Waals surface area contributed by atoms with Crippen LogP contribution in [-0.2, 0) is 0 Å². The van der Waals surface area contributed by atoms with E-state index in [-0.39, 0.29) is 5.91 Å². The standard InChI is InChI=1S/C16H16N2O2/c1-12-7-8-14(11-13(12)2)16(19)18-17-9-3-5-15-6-4-10-20-15/h3-11H,1-2H3,(H,18,19)/b5-3+,17-9+. The molecule has 4 nitrogen and oxygen atoms in total. The van der Waals surface area contributed by atoms with Crippen LogP contribution in [0.25, 0.3) is 6.08 Å². The van der Waals surface area contributed by atoms with E-state index in [0.717, 1.165) is 16.9 Å². The maximum Gasteiger partial charge on any atom is 0.271 e. The molecule has 2 aromatic rings. The number of nitrogens with one attached hydrogen (secondary N) is 1. The van der Waals surface area contributed by atoms with Gasteiger partial charge in [0.2, 0.25) is 0 Å². The number of carbonyl (C=O) groups excluding carboxylic acids is 1. The van der Waals surface area contributed by atoms with E-state index in [2.05, 4.69) is 10.5 Å². The summed E-state index contributed by atoms with van der Waals surface area (Å²) in [6.07, 6.45) is 6.55. The van der Waals surface area contributed by atoms with Crippen LogP contribution in [0, 0.1) is 13.8 Å². The van der Waals surface area contributed by atoms with Crippen molar-refractivity contribution < 1.29 is 9.21 Å². The predicted molar refractivity (Wildman–Crippen MR) is 79.6 cm³/mol. The number of hydrazone groups is 1. The molecule has 4 heteroatoms. The van der Waals surface area contributed by atoms with Gasteiger partial charge in [-0.2, -0.15) is 5.10 Å². The molecule has 0 saturated carbocycles. The van der Waals surface area contributed by atoms with Crippen molar-refractivity contribution in [3.05, 3.63) is 65.1 Å². The highest BCUT2D eigenvalue weighted by Crippen LogP contribution is 2.09. The van der Waals surface area contributed by atoms with Crippen LogP contribution in [0.3, 0.4) is 0 Å². The maximum atomic E-state index is 11.8. The molecular weight excluding hydrogens is 252 g/mol. The van der Waals surface area contributed by atoms with Crippen LogP contribution in [0.2, 0.25) is 0 Å². The minimum atomic E-state index is -0.226. The van der Waals surface area contributed by atoms with Gasteiger partial charge in [-0.3, -0.25) is 4.79 Å². The van der Waals surface area contributed by atoms with Crippen molar-refractivity contribution in [1.29, 1.82) is 0 Å². The molecule has 0 saturated heterocycles. The highest BCUT2D eigenvalue weighted by atomic mass is 16.3. The van der Waals surface area contributed by atoms with Gasteiger partial charge in [0.05, 0.1) is 6.26 Å². The van der Waals surface area contributed by atoms with Gasteiger partial charge in [0.1, 0.15) is 5.76 Å². The number of amides is 1. The summed E-state index contributed by atoms with van der Waals surface area (Å²) in [6.45, 7) is 3.98. The summed E-state index contributed by atoms with van der Waals surface area (Å²) in [5, 5.41) is 3.85. The first-order chi connectivity index (χ1) is 9.66. The number of hydrogen-bond donors (Lipinski definition) is 1. The Morgan fingerprint density at radius 2 is 2.10 bits per heavy atom. The number of nitrogens with zero attached hydrogens (tertiary/aromatic N) is 1. The summed E-state index contributed by atoms with van der Waals surface area (Å²) in [6, 6.07) is 9.19. The van der Waals surface area contributed by atoms with E-state index in [9.17, 15) is 4.79 Å². The number of benzene rings is 1. The van der Waals surface area contributed by atoms with Crippen molar-refractivity contribution in [2.45, 2.75) is 13.8 Å². The maximum absolute atomic E-state index is 11.8. The van der Waals surface area contributed by atoms with E-state index in [1.165, 1.54) is 6.21 Å². The van der Waals surface area contributed by atoms with E-state index in [1.54, 1.807) is 30.5 Å². The zero-order valence-corrected chi connectivity index (χ0v) is 11.5. The van der Waals surface area contributed by atoms with Gasteiger partial charge in [-0.25, -0.2) is 5.43 Å². The first kappa shape index (κ1) is 13.8. The van der Waals surface area contributed by atoms with Gasteiger partial charge < -0.3 is 4.42 Å². The number of furan rings is 1. The van der Waals surface area contributed by atoms with Gasteiger partial charge in [-0.1, -0.05) is 6.07 Å². The number of hydrogen-bond acceptors (Lipinski definition) is 3. The fourth-order valence-corrected chi connectivity index (χ4v) is 1.61. The van der Waals surface area contributed by atoms with Gasteiger partial charge in [-0.05, 0) is 61.4 Å². The minimum absolute atomic E-state index is 0.226. The SMILES string of the molecule is Cc1ccc(C(=O)N/N=C/C=C/c2ccco2)cc1C. The number of carbonyl (C=O) groups is 1. The molecule has 1 aromatic carbocycles. The minimum Gasteiger partial charge on any atom is -0.465 e. The second kappa shape index (κ2) is 6.52. The molecule has 1 aromatic heterocycles. The molecule has 0 unspecified atom stereocenters. The molecule has 102 valence electrons. The van der Waals surface area contributed by atoms with Crippen LogP contribution in [0.4, 0.5) is 0 Å². The van der Waals surface area contributed by atoms with Gasteiger partial charge in [-0.15, -0.1) is 0 Å². The zero-order chi connectivity index (χ0) is 14.4. The first-order valence-corrected chi connectivity index (χ1v) is 6.27. The van der Waals surface area contributed by atoms with Crippen molar-refractivity contribution in [2.24, 2.45) is 5.10 Å². The largest absolute Gasteiger partial charge is 0.465 e. The summed E-state index contributed by atoms with van der Waals surface area (Å²) >= 11 is 0. The van der Waals surface area contributed by atoms with Crippen molar-refractivity contribution in [2.75, 3.05) is 0 Å². The van der Waals surface area contributed by atoms with Crippen LogP contribution < -0.4 is 5.43 Å². The Labute approximate surface area is 117 Å². The van der Waals surface area contributed by atoms with E-state index >= 15 is 0 Å². The van der Waals surface area contributed by atoms with Crippen molar-refractivity contribution in [1.82, 2.24) is 5.43 Å². The Morgan fingerprint density at radius 3 is 2.80 bits per heavy atom. The second-order valence-corrected chi connectivity index (χ2v) is 4.39. The lowest BCUT2D eigenvalue weighted by Crippen LogP contribution is -2.17. The van der Waals surface area contributed by atoms with Gasteiger partial charge in [0, 0.05) is 11.8 Å². The van der Waals surface area contributed by atoms with Crippen molar-refractivity contribution in [3.63, 3.8) is 0 Å². The molecule has 1 N–H and O–H groups in total. The summed E-state index contributed by atoms with van der Waals surface area (Å²) in [5.74, 6) is 0.507. The van der Waals surface area contributed by atoms with Gasteiger partial charge in [0.25, 0.3) is 5.91 Å². The molecule has 1 heterocycles. The lowest BCUT2D eigenvalue weighted by Gasteiger charge is -2.03. The fraction of sp³-hybridized carbons (Fsp3) is 0.125. The van der Waals surface area contributed by atoms with Gasteiger partial charge >= 0.3 is 0 Å². The Balaban J connectivity index is 1.90. The van der Waals surface area contributed by atoms with Crippen LogP contribution in [-0.4, -0.2) is 12.1 Å². The monoisotopic (exact) mass is 268 g/mol. The zero-order valence-electron chi connectivity index (χ0n) is 11.5. The Kier molecular flexibility index (Phi) is 4.50. The molecule has 0 radical (unpaired) electrons. The second-order valence-electron chi connectivity index (χ2n) is 4.39. The molecular formula is C16H16N2O2. The van der Waals surface area contributed by atoms with E-state index in [1.807, 2.05) is 32.0 Å². The highest BCUT2D eigenvalue weighted by molar-refractivity contribution is 5.95. The average molecular weight is 268 g/mol. The molecule has 0 aliphatic carbocycles. The third-order valence-corrected chi connectivity index (χ3v) is 2.90. The number of aryl methyl sites for hydroxylation is 2. The molecule has 0 bridgehead atoms. The van der Waals surface area contributed by atoms with E-state index < -0.39 is 0 Å². The molecule has 2 rings (SSSR count). The normalized spacial score (nSPS) is 11.3. The first-order valence-electron chi connectivity index (χ1n) is 6.27.